The van der Waals surface area contributed by atoms with Gasteiger partial charge in [0.25, 0.3) is 0 Å². The number of halogens is 1. The molecule has 0 spiro atoms. The molecule has 0 N–H and O–H groups in total. The average molecular weight is 240 g/mol. The zero-order valence-electron chi connectivity index (χ0n) is 8.75. The Morgan fingerprint density at radius 1 is 1.56 bits per heavy atom. The second-order valence-corrected chi connectivity index (χ2v) is 3.70. The van der Waals surface area contributed by atoms with Crippen molar-refractivity contribution in [2.45, 2.75) is 19.9 Å². The van der Waals surface area contributed by atoms with Crippen LogP contribution in [-0.4, -0.2) is 12.9 Å². The molecule has 4 nitrogen and oxygen atoms in total. The van der Waals surface area contributed by atoms with E-state index in [1.54, 1.807) is 0 Å². The highest BCUT2D eigenvalue weighted by molar-refractivity contribution is 6.33. The molecule has 5 heteroatoms. The summed E-state index contributed by atoms with van der Waals surface area (Å²) in [5.41, 5.74) is 1.81. The first-order chi connectivity index (χ1) is 7.77. The summed E-state index contributed by atoms with van der Waals surface area (Å²) < 4.78 is 10.5. The summed E-state index contributed by atoms with van der Waals surface area (Å²) in [6.07, 6.45) is 2.26. The van der Waals surface area contributed by atoms with Gasteiger partial charge in [-0.3, -0.25) is 0 Å². The van der Waals surface area contributed by atoms with Crippen LogP contribution in [-0.2, 0) is 17.8 Å². The molecule has 0 saturated carbocycles. The molecule has 0 saturated heterocycles. The van der Waals surface area contributed by atoms with Crippen LogP contribution in [0, 0.1) is 0 Å². The Bertz CT molecular complexity index is 467. The molecular formula is C11H10ClNO3. The third-order valence-corrected chi connectivity index (χ3v) is 2.87. The Labute approximate surface area is 97.8 Å². The molecule has 1 aromatic rings. The van der Waals surface area contributed by atoms with E-state index >= 15 is 0 Å². The maximum Gasteiger partial charge on any atom is 0.235 e. The number of rotatable bonds is 3. The Kier molecular flexibility index (Phi) is 3.13. The summed E-state index contributed by atoms with van der Waals surface area (Å²) in [5, 5.41) is 0.550. The van der Waals surface area contributed by atoms with Crippen molar-refractivity contribution < 1.29 is 14.3 Å². The number of ether oxygens (including phenoxy) is 2. The van der Waals surface area contributed by atoms with Crippen molar-refractivity contribution in [2.24, 2.45) is 4.99 Å². The lowest BCUT2D eigenvalue weighted by Gasteiger charge is -2.09. The number of hydrogen-bond acceptors (Lipinski definition) is 4. The molecule has 0 aromatic heterocycles. The zero-order chi connectivity index (χ0) is 11.5. The van der Waals surface area contributed by atoms with Gasteiger partial charge in [0.1, 0.15) is 0 Å². The fourth-order valence-corrected chi connectivity index (χ4v) is 2.13. The molecule has 0 unspecified atom stereocenters. The van der Waals surface area contributed by atoms with Gasteiger partial charge in [-0.1, -0.05) is 18.5 Å². The number of nitrogens with zero attached hydrogens (tertiary/aromatic N) is 1. The topological polar surface area (TPSA) is 47.9 Å². The fourth-order valence-electron chi connectivity index (χ4n) is 1.73. The smallest absolute Gasteiger partial charge is 0.235 e. The molecule has 1 aliphatic heterocycles. The van der Waals surface area contributed by atoms with Crippen LogP contribution in [0.2, 0.25) is 5.02 Å². The summed E-state index contributed by atoms with van der Waals surface area (Å²) >= 11 is 6.19. The second kappa shape index (κ2) is 4.56. The highest BCUT2D eigenvalue weighted by atomic mass is 35.5. The van der Waals surface area contributed by atoms with Crippen molar-refractivity contribution in [1.29, 1.82) is 0 Å². The molecule has 1 aliphatic rings. The molecular weight excluding hydrogens is 230 g/mol. The Morgan fingerprint density at radius 3 is 3.06 bits per heavy atom. The predicted octanol–water partition coefficient (Wildman–Crippen LogP) is 2.47. The van der Waals surface area contributed by atoms with Crippen molar-refractivity contribution in [3.8, 4) is 11.5 Å². The van der Waals surface area contributed by atoms with Crippen molar-refractivity contribution in [3.63, 3.8) is 0 Å². The van der Waals surface area contributed by atoms with Gasteiger partial charge < -0.3 is 9.47 Å². The maximum absolute atomic E-state index is 10.1. The van der Waals surface area contributed by atoms with E-state index in [0.29, 0.717) is 16.5 Å². The van der Waals surface area contributed by atoms with Gasteiger partial charge >= 0.3 is 0 Å². The third-order valence-electron chi connectivity index (χ3n) is 2.47. The molecule has 0 radical (unpaired) electrons. The van der Waals surface area contributed by atoms with Gasteiger partial charge in [0.15, 0.2) is 11.5 Å². The SMILES string of the molecule is CCc1c(CN=C=O)cc2c(c1Cl)OCO2. The minimum atomic E-state index is 0.179. The Morgan fingerprint density at radius 2 is 2.38 bits per heavy atom. The lowest BCUT2D eigenvalue weighted by molar-refractivity contribution is 0.174. The summed E-state index contributed by atoms with van der Waals surface area (Å²) in [6, 6.07) is 1.81. The number of hydrogen-bond donors (Lipinski definition) is 0. The van der Waals surface area contributed by atoms with Crippen molar-refractivity contribution >= 4 is 17.7 Å². The van der Waals surface area contributed by atoms with E-state index in [4.69, 9.17) is 21.1 Å². The largest absolute Gasteiger partial charge is 0.454 e. The molecule has 1 heterocycles. The van der Waals surface area contributed by atoms with Crippen LogP contribution < -0.4 is 9.47 Å². The molecule has 0 atom stereocenters. The number of carbonyl (C=O) groups excluding carboxylic acids is 1. The van der Waals surface area contributed by atoms with E-state index in [0.717, 1.165) is 17.5 Å². The predicted molar refractivity (Wildman–Crippen MR) is 58.8 cm³/mol. The Hall–Kier alpha value is -1.51. The minimum Gasteiger partial charge on any atom is -0.454 e. The molecule has 0 amide bonds. The van der Waals surface area contributed by atoms with Gasteiger partial charge in [-0.25, -0.2) is 9.79 Å². The molecule has 2 rings (SSSR count). The minimum absolute atomic E-state index is 0.179. The highest BCUT2D eigenvalue weighted by Gasteiger charge is 2.22. The van der Waals surface area contributed by atoms with Crippen LogP contribution in [0.5, 0.6) is 11.5 Å². The van der Waals surface area contributed by atoms with Crippen LogP contribution in [0.3, 0.4) is 0 Å². The maximum atomic E-state index is 10.1. The molecule has 0 fully saturated rings. The second-order valence-electron chi connectivity index (χ2n) is 3.32. The summed E-state index contributed by atoms with van der Waals surface area (Å²) in [7, 11) is 0. The lowest BCUT2D eigenvalue weighted by atomic mass is 10.0. The summed E-state index contributed by atoms with van der Waals surface area (Å²) in [5.74, 6) is 1.19. The number of benzene rings is 1. The van der Waals surface area contributed by atoms with E-state index in [2.05, 4.69) is 4.99 Å². The number of aliphatic imine (C=N–C) groups is 1. The third kappa shape index (κ3) is 1.77. The van der Waals surface area contributed by atoms with Crippen molar-refractivity contribution in [1.82, 2.24) is 0 Å². The molecule has 1 aromatic carbocycles. The quantitative estimate of drug-likeness (QED) is 0.601. The standard InChI is InChI=1S/C11H10ClNO3/c1-2-8-7(4-13-5-14)3-9-11(10(8)12)16-6-15-9/h3H,2,4,6H2,1H3. The van der Waals surface area contributed by atoms with E-state index in [-0.39, 0.29) is 13.3 Å². The monoisotopic (exact) mass is 239 g/mol. The Balaban J connectivity index is 2.51. The normalized spacial score (nSPS) is 12.4. The first-order valence-electron chi connectivity index (χ1n) is 4.91. The van der Waals surface area contributed by atoms with Crippen LogP contribution in [0.1, 0.15) is 18.1 Å². The first kappa shape index (κ1) is 11.0. The number of fused-ring (bicyclic) bond motifs is 1. The van der Waals surface area contributed by atoms with E-state index in [1.807, 2.05) is 13.0 Å². The van der Waals surface area contributed by atoms with Gasteiger partial charge in [-0.2, -0.15) is 0 Å². The van der Waals surface area contributed by atoms with Gasteiger partial charge in [-0.05, 0) is 23.6 Å². The van der Waals surface area contributed by atoms with Crippen LogP contribution >= 0.6 is 11.6 Å². The average Bonchev–Trinajstić information content (AvgIpc) is 2.75. The lowest BCUT2D eigenvalue weighted by Crippen LogP contribution is -1.94. The van der Waals surface area contributed by atoms with Crippen LogP contribution in [0.4, 0.5) is 0 Å². The molecule has 16 heavy (non-hydrogen) atoms. The summed E-state index contributed by atoms with van der Waals surface area (Å²) in [6.45, 7) is 2.43. The van der Waals surface area contributed by atoms with Crippen molar-refractivity contribution in [2.75, 3.05) is 6.79 Å². The van der Waals surface area contributed by atoms with Crippen LogP contribution in [0.15, 0.2) is 11.1 Å². The van der Waals surface area contributed by atoms with E-state index < -0.39 is 0 Å². The first-order valence-corrected chi connectivity index (χ1v) is 5.29. The summed E-state index contributed by atoms with van der Waals surface area (Å²) in [4.78, 5) is 13.7. The zero-order valence-corrected chi connectivity index (χ0v) is 9.50. The number of isocyanates is 1. The molecule has 0 aliphatic carbocycles. The highest BCUT2D eigenvalue weighted by Crippen LogP contribution is 2.43. The van der Waals surface area contributed by atoms with Crippen LogP contribution in [0.25, 0.3) is 0 Å². The van der Waals surface area contributed by atoms with E-state index in [9.17, 15) is 4.79 Å². The van der Waals surface area contributed by atoms with E-state index in [1.165, 1.54) is 6.08 Å². The van der Waals surface area contributed by atoms with Gasteiger partial charge in [-0.15, -0.1) is 0 Å². The van der Waals surface area contributed by atoms with Gasteiger partial charge in [0.2, 0.25) is 12.9 Å². The fraction of sp³-hybridized carbons (Fsp3) is 0.364. The van der Waals surface area contributed by atoms with Crippen molar-refractivity contribution in [3.05, 3.63) is 22.2 Å². The van der Waals surface area contributed by atoms with Gasteiger partial charge in [0.05, 0.1) is 11.6 Å². The molecule has 84 valence electrons. The molecule has 0 bridgehead atoms. The van der Waals surface area contributed by atoms with Gasteiger partial charge in [0, 0.05) is 0 Å².